The molecule has 1 aliphatic heterocycles. The van der Waals surface area contributed by atoms with Crippen LogP contribution in [0.25, 0.3) is 0 Å². The first-order chi connectivity index (χ1) is 13.6. The molecule has 0 saturated carbocycles. The molecule has 0 aliphatic carbocycles. The van der Waals surface area contributed by atoms with Gasteiger partial charge in [0.05, 0.1) is 18.3 Å². The van der Waals surface area contributed by atoms with Crippen LogP contribution in [0.5, 0.6) is 0 Å². The van der Waals surface area contributed by atoms with Gasteiger partial charge in [0, 0.05) is 24.3 Å². The van der Waals surface area contributed by atoms with E-state index in [4.69, 9.17) is 14.6 Å². The van der Waals surface area contributed by atoms with Crippen LogP contribution in [0.3, 0.4) is 0 Å². The molecule has 8 heteroatoms. The highest BCUT2D eigenvalue weighted by atomic mass is 16.6. The van der Waals surface area contributed by atoms with Crippen LogP contribution in [0.4, 0.5) is 0 Å². The van der Waals surface area contributed by atoms with Gasteiger partial charge in [0.2, 0.25) is 0 Å². The van der Waals surface area contributed by atoms with Crippen molar-refractivity contribution in [1.82, 2.24) is 0 Å². The monoisotopic (exact) mass is 416 g/mol. The SMILES string of the molecule is CCCCCC(CCC(=O)O)OC(=O)/C(C[C@@H]1O[C@H]1[C@@H](C)[C@H](C)O)=C(\C)C(O)O. The average Bonchev–Trinajstić information content (AvgIpc) is 3.41. The number of ether oxygens (including phenoxy) is 2. The molecule has 0 bridgehead atoms. The minimum Gasteiger partial charge on any atom is -0.481 e. The summed E-state index contributed by atoms with van der Waals surface area (Å²) in [4.78, 5) is 23.7. The van der Waals surface area contributed by atoms with E-state index in [2.05, 4.69) is 0 Å². The number of epoxide rings is 1. The van der Waals surface area contributed by atoms with Gasteiger partial charge in [-0.1, -0.05) is 26.7 Å². The van der Waals surface area contributed by atoms with E-state index >= 15 is 0 Å². The lowest BCUT2D eigenvalue weighted by atomic mass is 9.95. The Bertz CT molecular complexity index is 569. The first-order valence-corrected chi connectivity index (χ1v) is 10.4. The lowest BCUT2D eigenvalue weighted by Crippen LogP contribution is -2.25. The highest BCUT2D eigenvalue weighted by Gasteiger charge is 2.45. The third-order valence-electron chi connectivity index (χ3n) is 5.50. The van der Waals surface area contributed by atoms with Crippen molar-refractivity contribution in [3.8, 4) is 0 Å². The number of aliphatic hydroxyl groups excluding tert-OH is 2. The molecule has 1 aliphatic rings. The van der Waals surface area contributed by atoms with Gasteiger partial charge < -0.3 is 29.9 Å². The fraction of sp³-hybridized carbons (Fsp3) is 0.810. The van der Waals surface area contributed by atoms with Gasteiger partial charge in [-0.3, -0.25) is 4.79 Å². The number of hydrogen-bond acceptors (Lipinski definition) is 7. The Labute approximate surface area is 172 Å². The number of hydrogen-bond donors (Lipinski definition) is 4. The molecule has 0 aromatic heterocycles. The summed E-state index contributed by atoms with van der Waals surface area (Å²) in [5.74, 6) is -1.75. The van der Waals surface area contributed by atoms with Gasteiger partial charge in [-0.25, -0.2) is 4.79 Å². The Morgan fingerprint density at radius 1 is 1.10 bits per heavy atom. The summed E-state index contributed by atoms with van der Waals surface area (Å²) >= 11 is 0. The average molecular weight is 417 g/mol. The quantitative estimate of drug-likeness (QED) is 0.111. The van der Waals surface area contributed by atoms with Crippen LogP contribution in [-0.2, 0) is 19.1 Å². The standard InChI is InChI=1S/C21H36O8/c1-5-6-7-8-15(9-10-18(23)24)28-21(27)16(13(3)20(25)26)11-17-19(29-17)12(2)14(4)22/h12,14-15,17,19-20,22,25-26H,5-11H2,1-4H3,(H,23,24)/b16-13+/t12-,14-,15?,17-,19-/m0/s1. The molecule has 168 valence electrons. The van der Waals surface area contributed by atoms with Crippen molar-refractivity contribution in [2.75, 3.05) is 0 Å². The van der Waals surface area contributed by atoms with Crippen molar-refractivity contribution in [1.29, 1.82) is 0 Å². The molecule has 1 rings (SSSR count). The zero-order chi connectivity index (χ0) is 22.1. The second kappa shape index (κ2) is 12.3. The molecule has 0 aromatic rings. The zero-order valence-electron chi connectivity index (χ0n) is 17.8. The third kappa shape index (κ3) is 8.82. The summed E-state index contributed by atoms with van der Waals surface area (Å²) < 4.78 is 11.1. The lowest BCUT2D eigenvalue weighted by Gasteiger charge is -2.20. The van der Waals surface area contributed by atoms with E-state index in [-0.39, 0.29) is 48.5 Å². The van der Waals surface area contributed by atoms with E-state index in [0.717, 1.165) is 19.3 Å². The van der Waals surface area contributed by atoms with Gasteiger partial charge in [-0.15, -0.1) is 0 Å². The van der Waals surface area contributed by atoms with Crippen molar-refractivity contribution in [2.45, 2.75) is 103 Å². The maximum absolute atomic E-state index is 12.8. The van der Waals surface area contributed by atoms with Crippen LogP contribution in [0.15, 0.2) is 11.1 Å². The molecular formula is C21H36O8. The fourth-order valence-electron chi connectivity index (χ4n) is 3.21. The number of carboxylic acids is 1. The van der Waals surface area contributed by atoms with E-state index in [1.165, 1.54) is 6.92 Å². The number of carbonyl (C=O) groups excluding carboxylic acids is 1. The van der Waals surface area contributed by atoms with Crippen LogP contribution in [0, 0.1) is 5.92 Å². The Balaban J connectivity index is 2.84. The number of esters is 1. The van der Waals surface area contributed by atoms with Crippen LogP contribution in [0.2, 0.25) is 0 Å². The molecule has 1 saturated heterocycles. The lowest BCUT2D eigenvalue weighted by molar-refractivity contribution is -0.148. The van der Waals surface area contributed by atoms with Gasteiger partial charge in [0.1, 0.15) is 6.10 Å². The van der Waals surface area contributed by atoms with E-state index < -0.39 is 30.4 Å². The van der Waals surface area contributed by atoms with Crippen LogP contribution < -0.4 is 0 Å². The summed E-state index contributed by atoms with van der Waals surface area (Å²) in [5, 5.41) is 37.7. The van der Waals surface area contributed by atoms with Crippen LogP contribution >= 0.6 is 0 Å². The van der Waals surface area contributed by atoms with Gasteiger partial charge in [-0.05, 0) is 38.7 Å². The first kappa shape index (κ1) is 25.6. The van der Waals surface area contributed by atoms with E-state index in [9.17, 15) is 24.9 Å². The number of aliphatic carboxylic acids is 1. The second-order valence-corrected chi connectivity index (χ2v) is 7.93. The number of aliphatic hydroxyl groups is 3. The molecule has 8 nitrogen and oxygen atoms in total. The Morgan fingerprint density at radius 2 is 1.76 bits per heavy atom. The molecule has 0 spiro atoms. The van der Waals surface area contributed by atoms with Crippen LogP contribution in [-0.4, -0.2) is 63.1 Å². The maximum atomic E-state index is 12.8. The summed E-state index contributed by atoms with van der Waals surface area (Å²) in [5.41, 5.74) is 0.209. The van der Waals surface area contributed by atoms with E-state index in [1.807, 2.05) is 13.8 Å². The van der Waals surface area contributed by atoms with Gasteiger partial charge in [0.15, 0.2) is 6.29 Å². The topological polar surface area (TPSA) is 137 Å². The summed E-state index contributed by atoms with van der Waals surface area (Å²) in [6, 6.07) is 0. The first-order valence-electron chi connectivity index (χ1n) is 10.4. The fourth-order valence-corrected chi connectivity index (χ4v) is 3.21. The molecule has 5 atom stereocenters. The minimum absolute atomic E-state index is 0.0829. The molecule has 29 heavy (non-hydrogen) atoms. The highest BCUT2D eigenvalue weighted by Crippen LogP contribution is 2.37. The number of unbranched alkanes of at least 4 members (excludes halogenated alkanes) is 2. The summed E-state index contributed by atoms with van der Waals surface area (Å²) in [6.07, 6.45) is 0.120. The van der Waals surface area contributed by atoms with Crippen LogP contribution in [0.1, 0.15) is 72.6 Å². The predicted octanol–water partition coefficient (Wildman–Crippen LogP) is 2.14. The predicted molar refractivity (Wildman–Crippen MR) is 106 cm³/mol. The minimum atomic E-state index is -1.80. The number of carboxylic acid groups (broad SMARTS) is 1. The maximum Gasteiger partial charge on any atom is 0.334 e. The zero-order valence-corrected chi connectivity index (χ0v) is 17.8. The van der Waals surface area contributed by atoms with Crippen molar-refractivity contribution < 1.29 is 39.5 Å². The largest absolute Gasteiger partial charge is 0.481 e. The van der Waals surface area contributed by atoms with E-state index in [1.54, 1.807) is 6.92 Å². The third-order valence-corrected chi connectivity index (χ3v) is 5.50. The van der Waals surface area contributed by atoms with Crippen molar-refractivity contribution in [3.05, 3.63) is 11.1 Å². The van der Waals surface area contributed by atoms with Gasteiger partial charge in [-0.2, -0.15) is 0 Å². The smallest absolute Gasteiger partial charge is 0.334 e. The number of carbonyl (C=O) groups is 2. The molecule has 1 heterocycles. The Kier molecular flexibility index (Phi) is 10.8. The molecule has 0 amide bonds. The normalized spacial score (nSPS) is 22.6. The van der Waals surface area contributed by atoms with Crippen molar-refractivity contribution >= 4 is 11.9 Å². The highest BCUT2D eigenvalue weighted by molar-refractivity contribution is 5.89. The van der Waals surface area contributed by atoms with E-state index in [0.29, 0.717) is 6.42 Å². The number of rotatable bonds is 14. The van der Waals surface area contributed by atoms with Gasteiger partial charge >= 0.3 is 11.9 Å². The molecule has 4 N–H and O–H groups in total. The van der Waals surface area contributed by atoms with Gasteiger partial charge in [0.25, 0.3) is 0 Å². The summed E-state index contributed by atoms with van der Waals surface area (Å²) in [6.45, 7) is 7.01. The molecule has 0 radical (unpaired) electrons. The van der Waals surface area contributed by atoms with Crippen molar-refractivity contribution in [2.24, 2.45) is 5.92 Å². The molecule has 0 aromatic carbocycles. The molecule has 1 fully saturated rings. The molecular weight excluding hydrogens is 380 g/mol. The molecule has 1 unspecified atom stereocenters. The Morgan fingerprint density at radius 3 is 2.28 bits per heavy atom. The second-order valence-electron chi connectivity index (χ2n) is 7.93. The summed E-state index contributed by atoms with van der Waals surface area (Å²) in [7, 11) is 0. The van der Waals surface area contributed by atoms with Crippen molar-refractivity contribution in [3.63, 3.8) is 0 Å². The Hall–Kier alpha value is -1.48.